The van der Waals surface area contributed by atoms with Gasteiger partial charge in [0.1, 0.15) is 17.5 Å². The number of nitrogens with one attached hydrogen (secondary N) is 1. The molecular formula is C16H20N2O3. The average molecular weight is 288 g/mol. The molecule has 0 heterocycles. The molecule has 1 atom stereocenters. The normalized spacial score (nSPS) is 16.8. The lowest BCUT2D eigenvalue weighted by molar-refractivity contribution is 0.0926. The van der Waals surface area contributed by atoms with Crippen LogP contribution in [0.2, 0.25) is 0 Å². The fourth-order valence-corrected chi connectivity index (χ4v) is 2.77. The maximum absolute atomic E-state index is 12.3. The van der Waals surface area contributed by atoms with Gasteiger partial charge in [-0.15, -0.1) is 0 Å². The van der Waals surface area contributed by atoms with E-state index in [1.165, 1.54) is 25.7 Å². The van der Waals surface area contributed by atoms with Gasteiger partial charge in [0, 0.05) is 0 Å². The van der Waals surface area contributed by atoms with Crippen molar-refractivity contribution in [1.82, 2.24) is 5.32 Å². The van der Waals surface area contributed by atoms with Gasteiger partial charge in [-0.05, 0) is 37.0 Å². The summed E-state index contributed by atoms with van der Waals surface area (Å²) in [6, 6.07) is 6.13. The fourth-order valence-electron chi connectivity index (χ4n) is 2.77. The van der Waals surface area contributed by atoms with Gasteiger partial charge in [0.15, 0.2) is 0 Å². The molecule has 0 aliphatic heterocycles. The number of carbonyl (C=O) groups excluding carboxylic acids is 1. The monoisotopic (exact) mass is 288 g/mol. The number of hydrogen-bond acceptors (Lipinski definition) is 4. The van der Waals surface area contributed by atoms with Crippen molar-refractivity contribution in [1.29, 1.82) is 5.26 Å². The van der Waals surface area contributed by atoms with Crippen LogP contribution in [0.4, 0.5) is 0 Å². The van der Waals surface area contributed by atoms with E-state index < -0.39 is 11.9 Å². The molecule has 112 valence electrons. The third-order valence-corrected chi connectivity index (χ3v) is 4.00. The number of phenolic OH excluding ortho intramolecular Hbond substituents is 1. The number of methoxy groups -OCH3 is 1. The highest BCUT2D eigenvalue weighted by atomic mass is 16.5. The molecule has 0 radical (unpaired) electrons. The molecule has 1 saturated carbocycles. The first-order chi connectivity index (χ1) is 10.2. The summed E-state index contributed by atoms with van der Waals surface area (Å²) in [5, 5.41) is 21.8. The Kier molecular flexibility index (Phi) is 5.04. The quantitative estimate of drug-likeness (QED) is 0.892. The van der Waals surface area contributed by atoms with Gasteiger partial charge in [0.2, 0.25) is 0 Å². The van der Waals surface area contributed by atoms with Crippen molar-refractivity contribution < 1.29 is 14.6 Å². The van der Waals surface area contributed by atoms with Gasteiger partial charge in [-0.1, -0.05) is 19.3 Å². The second kappa shape index (κ2) is 6.98. The molecule has 1 fully saturated rings. The molecule has 0 bridgehead atoms. The van der Waals surface area contributed by atoms with E-state index >= 15 is 0 Å². The van der Waals surface area contributed by atoms with Gasteiger partial charge >= 0.3 is 0 Å². The lowest BCUT2D eigenvalue weighted by Crippen LogP contribution is -2.40. The first kappa shape index (κ1) is 15.2. The van der Waals surface area contributed by atoms with Crippen LogP contribution in [0.15, 0.2) is 18.2 Å². The van der Waals surface area contributed by atoms with Crippen molar-refractivity contribution in [3.05, 3.63) is 23.8 Å². The van der Waals surface area contributed by atoms with Crippen LogP contribution in [0, 0.1) is 17.2 Å². The minimum absolute atomic E-state index is 0.117. The molecule has 2 rings (SSSR count). The predicted molar refractivity (Wildman–Crippen MR) is 78.1 cm³/mol. The molecule has 1 unspecified atom stereocenters. The first-order valence-corrected chi connectivity index (χ1v) is 7.23. The number of aromatic hydroxyl groups is 1. The number of rotatable bonds is 4. The van der Waals surface area contributed by atoms with Crippen LogP contribution >= 0.6 is 0 Å². The number of nitriles is 1. The molecule has 5 heteroatoms. The van der Waals surface area contributed by atoms with Crippen LogP contribution < -0.4 is 10.1 Å². The van der Waals surface area contributed by atoms with E-state index in [1.807, 2.05) is 0 Å². The molecule has 1 aliphatic rings. The summed E-state index contributed by atoms with van der Waals surface area (Å²) >= 11 is 0. The number of ether oxygens (including phenoxy) is 1. The van der Waals surface area contributed by atoms with Gasteiger partial charge in [-0.3, -0.25) is 4.79 Å². The largest absolute Gasteiger partial charge is 0.507 e. The van der Waals surface area contributed by atoms with E-state index in [9.17, 15) is 15.2 Å². The van der Waals surface area contributed by atoms with Crippen LogP contribution in [0.1, 0.15) is 42.5 Å². The van der Waals surface area contributed by atoms with Crippen LogP contribution in [-0.2, 0) is 0 Å². The zero-order valence-corrected chi connectivity index (χ0v) is 12.1. The molecule has 0 aromatic heterocycles. The molecule has 0 saturated heterocycles. The Bertz CT molecular complexity index is 545. The van der Waals surface area contributed by atoms with Gasteiger partial charge in [-0.25, -0.2) is 0 Å². The topological polar surface area (TPSA) is 82.3 Å². The van der Waals surface area contributed by atoms with Crippen LogP contribution in [0.5, 0.6) is 11.5 Å². The Balaban J connectivity index is 2.10. The van der Waals surface area contributed by atoms with E-state index in [4.69, 9.17) is 4.74 Å². The van der Waals surface area contributed by atoms with Gasteiger partial charge in [0.05, 0.1) is 18.7 Å². The van der Waals surface area contributed by atoms with Crippen LogP contribution in [0.25, 0.3) is 0 Å². The second-order valence-corrected chi connectivity index (χ2v) is 5.36. The van der Waals surface area contributed by atoms with Crippen LogP contribution in [-0.4, -0.2) is 24.2 Å². The average Bonchev–Trinajstić information content (AvgIpc) is 2.53. The molecule has 1 amide bonds. The van der Waals surface area contributed by atoms with Crippen molar-refractivity contribution in [2.75, 3.05) is 7.11 Å². The summed E-state index contributed by atoms with van der Waals surface area (Å²) in [5.41, 5.74) is 0.130. The zero-order valence-electron chi connectivity index (χ0n) is 12.1. The van der Waals surface area contributed by atoms with E-state index in [0.717, 1.165) is 25.7 Å². The second-order valence-electron chi connectivity index (χ2n) is 5.36. The highest BCUT2D eigenvalue weighted by Crippen LogP contribution is 2.27. The Labute approximate surface area is 124 Å². The van der Waals surface area contributed by atoms with Gasteiger partial charge in [0.25, 0.3) is 5.91 Å². The summed E-state index contributed by atoms with van der Waals surface area (Å²) in [7, 11) is 1.49. The Morgan fingerprint density at radius 3 is 2.76 bits per heavy atom. The number of amides is 1. The lowest BCUT2D eigenvalue weighted by atomic mass is 9.84. The van der Waals surface area contributed by atoms with Crippen molar-refractivity contribution in [2.45, 2.75) is 38.1 Å². The maximum atomic E-state index is 12.3. The summed E-state index contributed by atoms with van der Waals surface area (Å²) in [6.45, 7) is 0. The standard InChI is InChI=1S/C16H20N2O3/c1-21-12-7-8-15(19)13(9-12)16(20)18-14(10-17)11-5-3-2-4-6-11/h7-9,11,14,19H,2-6H2,1H3,(H,18,20). The van der Waals surface area contributed by atoms with Crippen molar-refractivity contribution in [3.8, 4) is 17.6 Å². The molecule has 5 nitrogen and oxygen atoms in total. The SMILES string of the molecule is COc1ccc(O)c(C(=O)NC(C#N)C2CCCCC2)c1. The molecule has 1 aliphatic carbocycles. The first-order valence-electron chi connectivity index (χ1n) is 7.23. The molecule has 0 spiro atoms. The van der Waals surface area contributed by atoms with Crippen molar-refractivity contribution in [3.63, 3.8) is 0 Å². The summed E-state index contributed by atoms with van der Waals surface area (Å²) in [6.07, 6.45) is 5.32. The summed E-state index contributed by atoms with van der Waals surface area (Å²) in [5.74, 6) is 0.127. The van der Waals surface area contributed by atoms with E-state index in [-0.39, 0.29) is 17.2 Å². The smallest absolute Gasteiger partial charge is 0.256 e. The van der Waals surface area contributed by atoms with Crippen molar-refractivity contribution in [2.24, 2.45) is 5.92 Å². The third-order valence-electron chi connectivity index (χ3n) is 4.00. The number of carbonyl (C=O) groups is 1. The molecule has 1 aromatic carbocycles. The maximum Gasteiger partial charge on any atom is 0.256 e. The van der Waals surface area contributed by atoms with E-state index in [1.54, 1.807) is 6.07 Å². The summed E-state index contributed by atoms with van der Waals surface area (Å²) in [4.78, 5) is 12.3. The predicted octanol–water partition coefficient (Wildman–Crippen LogP) is 2.60. The van der Waals surface area contributed by atoms with Gasteiger partial charge in [-0.2, -0.15) is 5.26 Å². The summed E-state index contributed by atoms with van der Waals surface area (Å²) < 4.78 is 5.05. The lowest BCUT2D eigenvalue weighted by Gasteiger charge is -2.26. The van der Waals surface area contributed by atoms with E-state index in [0.29, 0.717) is 5.75 Å². The minimum Gasteiger partial charge on any atom is -0.507 e. The van der Waals surface area contributed by atoms with Crippen LogP contribution in [0.3, 0.4) is 0 Å². The van der Waals surface area contributed by atoms with E-state index in [2.05, 4.69) is 11.4 Å². The molecular weight excluding hydrogens is 268 g/mol. The molecule has 1 aromatic rings. The number of nitrogens with zero attached hydrogens (tertiary/aromatic N) is 1. The third kappa shape index (κ3) is 3.66. The molecule has 21 heavy (non-hydrogen) atoms. The highest BCUT2D eigenvalue weighted by Gasteiger charge is 2.26. The van der Waals surface area contributed by atoms with Crippen molar-refractivity contribution >= 4 is 5.91 Å². The number of benzene rings is 1. The van der Waals surface area contributed by atoms with Gasteiger partial charge < -0.3 is 15.2 Å². The Morgan fingerprint density at radius 2 is 2.14 bits per heavy atom. The zero-order chi connectivity index (χ0) is 15.2. The highest BCUT2D eigenvalue weighted by molar-refractivity contribution is 5.97. The Hall–Kier alpha value is -2.22. The Morgan fingerprint density at radius 1 is 1.43 bits per heavy atom. The fraction of sp³-hybridized carbons (Fsp3) is 0.500. The number of hydrogen-bond donors (Lipinski definition) is 2. The number of phenols is 1. The molecule has 2 N–H and O–H groups in total. The minimum atomic E-state index is -0.511.